The molecule has 0 radical (unpaired) electrons. The van der Waals surface area contributed by atoms with Crippen molar-refractivity contribution >= 4 is 0 Å². The van der Waals surface area contributed by atoms with E-state index in [0.717, 1.165) is 30.9 Å². The minimum Gasteiger partial charge on any atom is -0.465 e. The highest BCUT2D eigenvalue weighted by molar-refractivity contribution is 5.14. The first-order valence-corrected chi connectivity index (χ1v) is 7.75. The van der Waals surface area contributed by atoms with E-state index in [1.165, 1.54) is 0 Å². The molecule has 2 heterocycles. The Bertz CT molecular complexity index is 448. The summed E-state index contributed by atoms with van der Waals surface area (Å²) in [6.07, 6.45) is 2.16. The molecule has 3 nitrogen and oxygen atoms in total. The number of rotatable bonds is 5. The molecule has 1 aliphatic heterocycles. The molecule has 0 saturated carbocycles. The van der Waals surface area contributed by atoms with Gasteiger partial charge in [0.05, 0.1) is 17.2 Å². The molecule has 0 amide bonds. The summed E-state index contributed by atoms with van der Waals surface area (Å²) in [5.74, 6) is 2.42. The van der Waals surface area contributed by atoms with E-state index >= 15 is 0 Å². The Morgan fingerprint density at radius 1 is 1.30 bits per heavy atom. The van der Waals surface area contributed by atoms with Crippen molar-refractivity contribution in [3.63, 3.8) is 0 Å². The van der Waals surface area contributed by atoms with E-state index in [4.69, 9.17) is 9.15 Å². The molecule has 114 valence electrons. The molecule has 3 heteroatoms. The van der Waals surface area contributed by atoms with Crippen LogP contribution < -0.4 is 5.32 Å². The van der Waals surface area contributed by atoms with Crippen molar-refractivity contribution < 1.29 is 9.15 Å². The van der Waals surface area contributed by atoms with Gasteiger partial charge in [0.15, 0.2) is 0 Å². The van der Waals surface area contributed by atoms with Gasteiger partial charge in [0.25, 0.3) is 0 Å². The van der Waals surface area contributed by atoms with Crippen LogP contribution in [-0.4, -0.2) is 17.7 Å². The summed E-state index contributed by atoms with van der Waals surface area (Å²) in [5.41, 5.74) is -0.211. The van der Waals surface area contributed by atoms with Gasteiger partial charge in [-0.25, -0.2) is 0 Å². The molecule has 1 saturated heterocycles. The summed E-state index contributed by atoms with van der Waals surface area (Å²) >= 11 is 0. The van der Waals surface area contributed by atoms with E-state index < -0.39 is 0 Å². The molecule has 1 aromatic rings. The number of ether oxygens (including phenoxy) is 1. The van der Waals surface area contributed by atoms with E-state index in [0.29, 0.717) is 5.92 Å². The van der Waals surface area contributed by atoms with Crippen LogP contribution in [0.25, 0.3) is 0 Å². The van der Waals surface area contributed by atoms with Gasteiger partial charge >= 0.3 is 0 Å². The Morgan fingerprint density at radius 2 is 2.00 bits per heavy atom. The third-order valence-electron chi connectivity index (χ3n) is 4.23. The van der Waals surface area contributed by atoms with Crippen LogP contribution in [-0.2, 0) is 4.74 Å². The minimum absolute atomic E-state index is 0.0675. The second kappa shape index (κ2) is 5.53. The molecular weight excluding hydrogens is 250 g/mol. The molecule has 0 bridgehead atoms. The first kappa shape index (κ1) is 15.6. The molecular formula is C17H29NO2. The summed E-state index contributed by atoms with van der Waals surface area (Å²) in [6, 6.07) is 4.37. The standard InChI is InChI=1S/C17H29NO2/c1-7-10-18-15(14-9-8-12(2)19-14)13-11-16(3,4)20-17(13,5)6/h8-9,13,15,18H,7,10-11H2,1-6H3. The van der Waals surface area contributed by atoms with Crippen LogP contribution in [0.1, 0.15) is 65.0 Å². The van der Waals surface area contributed by atoms with Crippen molar-refractivity contribution in [2.45, 2.75) is 71.6 Å². The fraction of sp³-hybridized carbons (Fsp3) is 0.765. The molecule has 0 spiro atoms. The van der Waals surface area contributed by atoms with Crippen LogP contribution in [0, 0.1) is 12.8 Å². The van der Waals surface area contributed by atoms with Gasteiger partial charge in [-0.15, -0.1) is 0 Å². The Balaban J connectivity index is 2.27. The highest BCUT2D eigenvalue weighted by Gasteiger charge is 2.49. The molecule has 2 atom stereocenters. The van der Waals surface area contributed by atoms with E-state index in [2.05, 4.69) is 46.0 Å². The van der Waals surface area contributed by atoms with Gasteiger partial charge < -0.3 is 14.5 Å². The largest absolute Gasteiger partial charge is 0.465 e. The quantitative estimate of drug-likeness (QED) is 0.876. The highest BCUT2D eigenvalue weighted by Crippen LogP contribution is 2.47. The zero-order chi connectivity index (χ0) is 15.0. The highest BCUT2D eigenvalue weighted by atomic mass is 16.5. The van der Waals surface area contributed by atoms with E-state index in [1.807, 2.05) is 13.0 Å². The average molecular weight is 279 g/mol. The molecule has 0 aromatic carbocycles. The Labute approximate surface area is 123 Å². The number of hydrogen-bond acceptors (Lipinski definition) is 3. The lowest BCUT2D eigenvalue weighted by molar-refractivity contribution is -0.0785. The maximum absolute atomic E-state index is 6.26. The SMILES string of the molecule is CCCNC(c1ccc(C)o1)C1CC(C)(C)OC1(C)C. The minimum atomic E-state index is -0.143. The van der Waals surface area contributed by atoms with Crippen LogP contribution in [0.3, 0.4) is 0 Å². The molecule has 1 aromatic heterocycles. The van der Waals surface area contributed by atoms with E-state index in [1.54, 1.807) is 0 Å². The number of hydrogen-bond donors (Lipinski definition) is 1. The second-order valence-corrected chi connectivity index (χ2v) is 7.16. The predicted octanol–water partition coefficient (Wildman–Crippen LogP) is 4.22. The maximum atomic E-state index is 6.26. The van der Waals surface area contributed by atoms with Gasteiger partial charge in [0, 0.05) is 5.92 Å². The van der Waals surface area contributed by atoms with Crippen LogP contribution in [0.2, 0.25) is 0 Å². The molecule has 2 unspecified atom stereocenters. The third kappa shape index (κ3) is 3.26. The topological polar surface area (TPSA) is 34.4 Å². The van der Waals surface area contributed by atoms with Crippen molar-refractivity contribution in [3.05, 3.63) is 23.7 Å². The smallest absolute Gasteiger partial charge is 0.121 e. The molecule has 1 aliphatic rings. The van der Waals surface area contributed by atoms with Gasteiger partial charge in [-0.3, -0.25) is 0 Å². The van der Waals surface area contributed by atoms with Gasteiger partial charge in [-0.1, -0.05) is 6.92 Å². The monoisotopic (exact) mass is 279 g/mol. The Morgan fingerprint density at radius 3 is 2.45 bits per heavy atom. The summed E-state index contributed by atoms with van der Waals surface area (Å²) in [6.45, 7) is 13.9. The van der Waals surface area contributed by atoms with Crippen LogP contribution in [0.15, 0.2) is 16.5 Å². The van der Waals surface area contributed by atoms with Crippen molar-refractivity contribution in [2.75, 3.05) is 6.54 Å². The molecule has 20 heavy (non-hydrogen) atoms. The van der Waals surface area contributed by atoms with Crippen molar-refractivity contribution in [3.8, 4) is 0 Å². The van der Waals surface area contributed by atoms with Crippen LogP contribution in [0.4, 0.5) is 0 Å². The maximum Gasteiger partial charge on any atom is 0.121 e. The fourth-order valence-electron chi connectivity index (χ4n) is 3.49. The van der Waals surface area contributed by atoms with Crippen molar-refractivity contribution in [1.29, 1.82) is 0 Å². The molecule has 0 aliphatic carbocycles. The number of furan rings is 1. The zero-order valence-electron chi connectivity index (χ0n) is 13.7. The van der Waals surface area contributed by atoms with Crippen LogP contribution in [0.5, 0.6) is 0 Å². The van der Waals surface area contributed by atoms with E-state index in [9.17, 15) is 0 Å². The number of nitrogens with one attached hydrogen (secondary N) is 1. The van der Waals surface area contributed by atoms with Gasteiger partial charge in [0.1, 0.15) is 11.5 Å². The van der Waals surface area contributed by atoms with Crippen molar-refractivity contribution in [2.24, 2.45) is 5.92 Å². The molecule has 1 fully saturated rings. The first-order chi connectivity index (χ1) is 9.25. The summed E-state index contributed by atoms with van der Waals surface area (Å²) in [4.78, 5) is 0. The lowest BCUT2D eigenvalue weighted by atomic mass is 9.80. The Hall–Kier alpha value is -0.800. The zero-order valence-corrected chi connectivity index (χ0v) is 13.7. The lowest BCUT2D eigenvalue weighted by Crippen LogP contribution is -2.38. The second-order valence-electron chi connectivity index (χ2n) is 7.16. The number of aryl methyl sites for hydroxylation is 1. The van der Waals surface area contributed by atoms with E-state index in [-0.39, 0.29) is 17.2 Å². The van der Waals surface area contributed by atoms with Gasteiger partial charge in [-0.05, 0) is 66.1 Å². The Kier molecular flexibility index (Phi) is 4.31. The van der Waals surface area contributed by atoms with Gasteiger partial charge in [0.2, 0.25) is 0 Å². The fourth-order valence-corrected chi connectivity index (χ4v) is 3.49. The summed E-state index contributed by atoms with van der Waals surface area (Å²) in [7, 11) is 0. The average Bonchev–Trinajstić information content (AvgIpc) is 2.81. The summed E-state index contributed by atoms with van der Waals surface area (Å²) < 4.78 is 12.2. The third-order valence-corrected chi connectivity index (χ3v) is 4.23. The van der Waals surface area contributed by atoms with Crippen LogP contribution >= 0.6 is 0 Å². The molecule has 1 N–H and O–H groups in total. The lowest BCUT2D eigenvalue weighted by Gasteiger charge is -2.32. The molecule has 2 rings (SSSR count). The van der Waals surface area contributed by atoms with Gasteiger partial charge in [-0.2, -0.15) is 0 Å². The predicted molar refractivity (Wildman–Crippen MR) is 81.8 cm³/mol. The first-order valence-electron chi connectivity index (χ1n) is 7.75. The normalized spacial score (nSPS) is 25.8. The summed E-state index contributed by atoms with van der Waals surface area (Å²) in [5, 5.41) is 3.66. The van der Waals surface area contributed by atoms with Crippen molar-refractivity contribution in [1.82, 2.24) is 5.32 Å².